The number of hydrogen-bond donors (Lipinski definition) is 2. The lowest BCUT2D eigenvalue weighted by Crippen LogP contribution is -2.48. The van der Waals surface area contributed by atoms with Crippen LogP contribution in [0, 0.1) is 0 Å². The van der Waals surface area contributed by atoms with Gasteiger partial charge < -0.3 is 10.6 Å². The molecule has 0 fully saturated rings. The van der Waals surface area contributed by atoms with Crippen LogP contribution >= 0.6 is 0 Å². The molecule has 0 bridgehead atoms. The maximum Gasteiger partial charge on any atom is 0.243 e. The van der Waals surface area contributed by atoms with E-state index in [0.717, 1.165) is 16.7 Å². The second-order valence-electron chi connectivity index (χ2n) is 6.58. The molecule has 2 N–H and O–H groups in total. The Bertz CT molecular complexity index is 859. The maximum atomic E-state index is 13.1. The zero-order chi connectivity index (χ0) is 19.8. The first-order valence-electron chi connectivity index (χ1n) is 9.20. The fourth-order valence-corrected chi connectivity index (χ4v) is 3.10. The second kappa shape index (κ2) is 9.46. The van der Waals surface area contributed by atoms with Crippen LogP contribution in [-0.4, -0.2) is 22.8 Å². The summed E-state index contributed by atoms with van der Waals surface area (Å²) < 4.78 is 0. The van der Waals surface area contributed by atoms with Crippen LogP contribution in [0.1, 0.15) is 29.7 Å². The normalized spacial score (nSPS) is 12.6. The number of hydrogen-bond acceptors (Lipinski definition) is 3. The molecule has 2 aromatic carbocycles. The Morgan fingerprint density at radius 1 is 0.857 bits per heavy atom. The van der Waals surface area contributed by atoms with Crippen LogP contribution in [0.25, 0.3) is 0 Å². The van der Waals surface area contributed by atoms with Gasteiger partial charge in [0.05, 0.1) is 6.04 Å². The topological polar surface area (TPSA) is 71.1 Å². The molecule has 0 aliphatic heterocycles. The summed E-state index contributed by atoms with van der Waals surface area (Å²) in [6, 6.07) is 22.1. The molecule has 1 unspecified atom stereocenters. The highest BCUT2D eigenvalue weighted by molar-refractivity contribution is 5.87. The van der Waals surface area contributed by atoms with Gasteiger partial charge in [-0.25, -0.2) is 0 Å². The molecule has 2 atom stereocenters. The van der Waals surface area contributed by atoms with Crippen molar-refractivity contribution in [2.75, 3.05) is 0 Å². The number of carbonyl (C=O) groups excluding carboxylic acids is 2. The molecular formula is C23H23N3O2. The standard InChI is InChI=1S/C23H23N3O2/c1-17(27)25-21(15-18-9-4-2-5-10-18)23(28)26-22(19-11-6-3-7-12-19)20-13-8-14-24-16-20/h2-14,16,21-22H,15H2,1H3,(H,25,27)(H,26,28)/t21-,22?/m0/s1. The molecular weight excluding hydrogens is 350 g/mol. The summed E-state index contributed by atoms with van der Waals surface area (Å²) in [5.74, 6) is -0.481. The molecule has 1 heterocycles. The molecule has 5 heteroatoms. The lowest BCUT2D eigenvalue weighted by Gasteiger charge is -2.24. The number of nitrogens with one attached hydrogen (secondary N) is 2. The Hall–Kier alpha value is -3.47. The van der Waals surface area contributed by atoms with Crippen molar-refractivity contribution in [2.45, 2.75) is 25.4 Å². The SMILES string of the molecule is CC(=O)N[C@@H](Cc1ccccc1)C(=O)NC(c1ccccc1)c1cccnc1. The molecule has 0 aliphatic carbocycles. The van der Waals surface area contributed by atoms with Gasteiger partial charge in [0, 0.05) is 25.7 Å². The first-order chi connectivity index (χ1) is 13.6. The van der Waals surface area contributed by atoms with Crippen LogP contribution in [0.15, 0.2) is 85.2 Å². The van der Waals surface area contributed by atoms with Crippen LogP contribution in [-0.2, 0) is 16.0 Å². The fourth-order valence-electron chi connectivity index (χ4n) is 3.10. The van der Waals surface area contributed by atoms with Crippen molar-refractivity contribution in [1.82, 2.24) is 15.6 Å². The summed E-state index contributed by atoms with van der Waals surface area (Å²) in [5, 5.41) is 5.85. The molecule has 0 aliphatic rings. The van der Waals surface area contributed by atoms with Crippen molar-refractivity contribution in [1.29, 1.82) is 0 Å². The maximum absolute atomic E-state index is 13.1. The smallest absolute Gasteiger partial charge is 0.243 e. The number of aromatic nitrogens is 1. The van der Waals surface area contributed by atoms with E-state index in [2.05, 4.69) is 15.6 Å². The molecule has 142 valence electrons. The Kier molecular flexibility index (Phi) is 6.52. The highest BCUT2D eigenvalue weighted by Crippen LogP contribution is 2.21. The van der Waals surface area contributed by atoms with E-state index in [1.54, 1.807) is 12.4 Å². The lowest BCUT2D eigenvalue weighted by atomic mass is 9.98. The highest BCUT2D eigenvalue weighted by atomic mass is 16.2. The van der Waals surface area contributed by atoms with Crippen LogP contribution < -0.4 is 10.6 Å². The minimum Gasteiger partial charge on any atom is -0.344 e. The number of pyridine rings is 1. The Morgan fingerprint density at radius 3 is 2.11 bits per heavy atom. The third kappa shape index (κ3) is 5.27. The Balaban J connectivity index is 1.85. The van der Waals surface area contributed by atoms with Crippen LogP contribution in [0.4, 0.5) is 0 Å². The Labute approximate surface area is 164 Å². The molecule has 5 nitrogen and oxygen atoms in total. The molecule has 2 amide bonds. The quantitative estimate of drug-likeness (QED) is 0.669. The van der Waals surface area contributed by atoms with Crippen molar-refractivity contribution < 1.29 is 9.59 Å². The van der Waals surface area contributed by atoms with E-state index in [9.17, 15) is 9.59 Å². The summed E-state index contributed by atoms with van der Waals surface area (Å²) in [7, 11) is 0. The minimum atomic E-state index is -0.664. The van der Waals surface area contributed by atoms with Crippen LogP contribution in [0.2, 0.25) is 0 Å². The average molecular weight is 373 g/mol. The van der Waals surface area contributed by atoms with Gasteiger partial charge in [-0.2, -0.15) is 0 Å². The summed E-state index contributed by atoms with van der Waals surface area (Å²) in [5.41, 5.74) is 2.81. The summed E-state index contributed by atoms with van der Waals surface area (Å²) in [4.78, 5) is 28.9. The largest absolute Gasteiger partial charge is 0.344 e. The highest BCUT2D eigenvalue weighted by Gasteiger charge is 2.24. The van der Waals surface area contributed by atoms with E-state index in [4.69, 9.17) is 0 Å². The van der Waals surface area contributed by atoms with E-state index < -0.39 is 6.04 Å². The zero-order valence-electron chi connectivity index (χ0n) is 15.7. The van der Waals surface area contributed by atoms with Gasteiger partial charge in [0.2, 0.25) is 11.8 Å². The molecule has 0 saturated heterocycles. The number of amides is 2. The van der Waals surface area contributed by atoms with Gasteiger partial charge in [-0.3, -0.25) is 14.6 Å². The predicted molar refractivity (Wildman–Crippen MR) is 108 cm³/mol. The fraction of sp³-hybridized carbons (Fsp3) is 0.174. The van der Waals surface area contributed by atoms with E-state index in [1.807, 2.05) is 72.8 Å². The zero-order valence-corrected chi connectivity index (χ0v) is 15.7. The molecule has 0 spiro atoms. The van der Waals surface area contributed by atoms with Gasteiger partial charge in [0.1, 0.15) is 6.04 Å². The van der Waals surface area contributed by atoms with Crippen molar-refractivity contribution in [2.24, 2.45) is 0 Å². The van der Waals surface area contributed by atoms with Gasteiger partial charge in [0.15, 0.2) is 0 Å². The van der Waals surface area contributed by atoms with Crippen molar-refractivity contribution in [3.8, 4) is 0 Å². The van der Waals surface area contributed by atoms with Gasteiger partial charge in [-0.15, -0.1) is 0 Å². The first kappa shape index (κ1) is 19.3. The minimum absolute atomic E-state index is 0.239. The molecule has 3 aromatic rings. The van der Waals surface area contributed by atoms with E-state index in [-0.39, 0.29) is 17.9 Å². The number of nitrogens with zero attached hydrogens (tertiary/aromatic N) is 1. The number of carbonyl (C=O) groups is 2. The lowest BCUT2D eigenvalue weighted by molar-refractivity contribution is -0.128. The molecule has 3 rings (SSSR count). The van der Waals surface area contributed by atoms with Crippen LogP contribution in [0.5, 0.6) is 0 Å². The summed E-state index contributed by atoms with van der Waals surface area (Å²) >= 11 is 0. The van der Waals surface area contributed by atoms with Gasteiger partial charge >= 0.3 is 0 Å². The molecule has 1 aromatic heterocycles. The number of benzene rings is 2. The van der Waals surface area contributed by atoms with Gasteiger partial charge in [-0.1, -0.05) is 66.7 Å². The third-order valence-electron chi connectivity index (χ3n) is 4.41. The summed E-state index contributed by atoms with van der Waals surface area (Å²) in [6.07, 6.45) is 3.85. The summed E-state index contributed by atoms with van der Waals surface area (Å²) in [6.45, 7) is 1.42. The van der Waals surface area contributed by atoms with Crippen molar-refractivity contribution >= 4 is 11.8 Å². The first-order valence-corrected chi connectivity index (χ1v) is 9.20. The second-order valence-corrected chi connectivity index (χ2v) is 6.58. The van der Waals surface area contributed by atoms with Crippen LogP contribution in [0.3, 0.4) is 0 Å². The van der Waals surface area contributed by atoms with Crippen molar-refractivity contribution in [3.63, 3.8) is 0 Å². The molecule has 0 radical (unpaired) electrons. The van der Waals surface area contributed by atoms with Crippen molar-refractivity contribution in [3.05, 3.63) is 102 Å². The predicted octanol–water partition coefficient (Wildman–Crippen LogP) is 3.03. The van der Waals surface area contributed by atoms with Gasteiger partial charge in [-0.05, 0) is 22.8 Å². The third-order valence-corrected chi connectivity index (χ3v) is 4.41. The van der Waals surface area contributed by atoms with E-state index >= 15 is 0 Å². The van der Waals surface area contributed by atoms with E-state index in [1.165, 1.54) is 6.92 Å². The van der Waals surface area contributed by atoms with E-state index in [0.29, 0.717) is 6.42 Å². The van der Waals surface area contributed by atoms with Gasteiger partial charge in [0.25, 0.3) is 0 Å². The average Bonchev–Trinajstić information content (AvgIpc) is 2.73. The monoisotopic (exact) mass is 373 g/mol. The molecule has 28 heavy (non-hydrogen) atoms. The molecule has 0 saturated carbocycles. The number of rotatable bonds is 7. The Morgan fingerprint density at radius 2 is 1.50 bits per heavy atom.